The van der Waals surface area contributed by atoms with Crippen LogP contribution in [0.3, 0.4) is 0 Å². The zero-order chi connectivity index (χ0) is 14.8. The molecule has 0 aromatic heterocycles. The van der Waals surface area contributed by atoms with Gasteiger partial charge in [-0.1, -0.05) is 0 Å². The molecule has 6 unspecified atom stereocenters. The van der Waals surface area contributed by atoms with Gasteiger partial charge in [-0.2, -0.15) is 0 Å². The molecule has 4 rings (SSSR count). The number of fused-ring (bicyclic) bond motifs is 2. The molecule has 3 bridgehead atoms. The van der Waals surface area contributed by atoms with Crippen molar-refractivity contribution in [2.45, 2.75) is 50.7 Å². The van der Waals surface area contributed by atoms with Gasteiger partial charge in [0.15, 0.2) is 0 Å². The third kappa shape index (κ3) is 1.74. The van der Waals surface area contributed by atoms with Crippen molar-refractivity contribution in [1.82, 2.24) is 0 Å². The Bertz CT molecular complexity index is 528. The van der Waals surface area contributed by atoms with Gasteiger partial charge in [0.05, 0.1) is 18.8 Å². The van der Waals surface area contributed by atoms with Crippen molar-refractivity contribution in [3.05, 3.63) is 0 Å². The number of esters is 2. The second kappa shape index (κ2) is 4.21. The van der Waals surface area contributed by atoms with Crippen LogP contribution in [0.15, 0.2) is 0 Å². The Balaban J connectivity index is 1.48. The number of carboxylic acids is 1. The molecule has 0 aromatic carbocycles. The SMILES string of the molecule is O=C(O)CCC(=O)OC1C2CC3CC4C(=O)OC1CC34C2. The third-order valence-electron chi connectivity index (χ3n) is 6.03. The van der Waals surface area contributed by atoms with E-state index in [0.717, 1.165) is 25.7 Å². The molecule has 1 saturated heterocycles. The normalized spacial score (nSPS) is 45.5. The smallest absolute Gasteiger partial charge is 0.309 e. The molecule has 3 saturated carbocycles. The fourth-order valence-corrected chi connectivity index (χ4v) is 5.15. The van der Waals surface area contributed by atoms with Gasteiger partial charge in [0.1, 0.15) is 12.2 Å². The molecule has 1 aliphatic heterocycles. The van der Waals surface area contributed by atoms with Crippen molar-refractivity contribution < 1.29 is 29.0 Å². The zero-order valence-corrected chi connectivity index (χ0v) is 11.6. The van der Waals surface area contributed by atoms with Gasteiger partial charge in [0.2, 0.25) is 0 Å². The van der Waals surface area contributed by atoms with E-state index in [-0.39, 0.29) is 48.3 Å². The van der Waals surface area contributed by atoms with Gasteiger partial charge in [-0.3, -0.25) is 14.4 Å². The van der Waals surface area contributed by atoms with Crippen LogP contribution >= 0.6 is 0 Å². The molecule has 0 radical (unpaired) electrons. The quantitative estimate of drug-likeness (QED) is 0.782. The maximum atomic E-state index is 12.0. The number of carbonyl (C=O) groups excluding carboxylic acids is 2. The van der Waals surface area contributed by atoms with Crippen LogP contribution in [-0.4, -0.2) is 35.2 Å². The summed E-state index contributed by atoms with van der Waals surface area (Å²) in [7, 11) is 0. The van der Waals surface area contributed by atoms with Crippen molar-refractivity contribution in [1.29, 1.82) is 0 Å². The highest BCUT2D eigenvalue weighted by molar-refractivity contribution is 5.78. The number of rotatable bonds is 4. The van der Waals surface area contributed by atoms with E-state index >= 15 is 0 Å². The van der Waals surface area contributed by atoms with E-state index in [4.69, 9.17) is 14.6 Å². The predicted octanol–water partition coefficient (Wildman–Crippen LogP) is 1.12. The van der Waals surface area contributed by atoms with E-state index in [2.05, 4.69) is 0 Å². The minimum atomic E-state index is -1.01. The summed E-state index contributed by atoms with van der Waals surface area (Å²) in [5.74, 6) is -0.746. The fraction of sp³-hybridized carbons (Fsp3) is 0.800. The van der Waals surface area contributed by atoms with E-state index in [9.17, 15) is 14.4 Å². The monoisotopic (exact) mass is 294 g/mol. The highest BCUT2D eigenvalue weighted by atomic mass is 16.6. The number of aliphatic carboxylic acids is 1. The number of carbonyl (C=O) groups is 3. The number of ether oxygens (including phenoxy) is 2. The van der Waals surface area contributed by atoms with Crippen molar-refractivity contribution in [3.8, 4) is 0 Å². The van der Waals surface area contributed by atoms with Crippen LogP contribution < -0.4 is 0 Å². The first-order valence-corrected chi connectivity index (χ1v) is 7.61. The van der Waals surface area contributed by atoms with Gasteiger partial charge in [-0.25, -0.2) is 0 Å². The number of carboxylic acid groups (broad SMARTS) is 1. The molecular weight excluding hydrogens is 276 g/mol. The Morgan fingerprint density at radius 2 is 2.10 bits per heavy atom. The molecule has 6 heteroatoms. The van der Waals surface area contributed by atoms with Gasteiger partial charge >= 0.3 is 17.9 Å². The second-order valence-corrected chi connectivity index (χ2v) is 6.95. The molecule has 4 aliphatic rings. The summed E-state index contributed by atoms with van der Waals surface area (Å²) < 4.78 is 11.0. The van der Waals surface area contributed by atoms with Gasteiger partial charge in [0, 0.05) is 5.92 Å². The lowest BCUT2D eigenvalue weighted by atomic mass is 9.50. The lowest BCUT2D eigenvalue weighted by Crippen LogP contribution is -2.60. The van der Waals surface area contributed by atoms with E-state index < -0.39 is 11.9 Å². The average molecular weight is 294 g/mol. The Morgan fingerprint density at radius 3 is 2.86 bits per heavy atom. The van der Waals surface area contributed by atoms with Crippen LogP contribution in [0.4, 0.5) is 0 Å². The molecule has 1 N–H and O–H groups in total. The number of hydrogen-bond acceptors (Lipinski definition) is 5. The molecule has 1 spiro atoms. The highest BCUT2D eigenvalue weighted by Gasteiger charge is 2.71. The molecule has 6 nitrogen and oxygen atoms in total. The minimum absolute atomic E-state index is 0.0624. The number of hydrogen-bond donors (Lipinski definition) is 1. The lowest BCUT2D eigenvalue weighted by molar-refractivity contribution is -0.220. The molecule has 1 heterocycles. The van der Waals surface area contributed by atoms with Gasteiger partial charge < -0.3 is 14.6 Å². The van der Waals surface area contributed by atoms with E-state index in [1.165, 1.54) is 0 Å². The Labute approximate surface area is 121 Å². The molecule has 4 fully saturated rings. The Hall–Kier alpha value is -1.59. The van der Waals surface area contributed by atoms with Gasteiger partial charge in [0.25, 0.3) is 0 Å². The minimum Gasteiger partial charge on any atom is -0.481 e. The highest BCUT2D eigenvalue weighted by Crippen LogP contribution is 2.71. The van der Waals surface area contributed by atoms with Crippen LogP contribution in [-0.2, 0) is 23.9 Å². The van der Waals surface area contributed by atoms with Crippen LogP contribution in [0, 0.1) is 23.2 Å². The summed E-state index contributed by atoms with van der Waals surface area (Å²) >= 11 is 0. The summed E-state index contributed by atoms with van der Waals surface area (Å²) in [6.07, 6.45) is 2.61. The van der Waals surface area contributed by atoms with Crippen LogP contribution in [0.5, 0.6) is 0 Å². The molecular formula is C15H18O6. The first-order chi connectivity index (χ1) is 9.99. The molecule has 6 atom stereocenters. The van der Waals surface area contributed by atoms with Crippen LogP contribution in [0.1, 0.15) is 38.5 Å². The summed E-state index contributed by atoms with van der Waals surface area (Å²) in [4.78, 5) is 34.3. The van der Waals surface area contributed by atoms with Crippen LogP contribution in [0.25, 0.3) is 0 Å². The second-order valence-electron chi connectivity index (χ2n) is 6.95. The first kappa shape index (κ1) is 13.1. The maximum absolute atomic E-state index is 12.0. The maximum Gasteiger partial charge on any atom is 0.309 e. The lowest BCUT2D eigenvalue weighted by Gasteiger charge is -2.57. The van der Waals surface area contributed by atoms with Crippen molar-refractivity contribution in [2.24, 2.45) is 23.2 Å². The van der Waals surface area contributed by atoms with Crippen molar-refractivity contribution in [2.75, 3.05) is 0 Å². The van der Waals surface area contributed by atoms with Crippen LogP contribution in [0.2, 0.25) is 0 Å². The standard InChI is InChI=1S/C15H18O6/c16-11(17)1-2-12(18)21-13-7-3-8-4-9-14(19)20-10(13)6-15(8,9)5-7/h7-10,13H,1-6H2,(H,16,17). The molecule has 114 valence electrons. The van der Waals surface area contributed by atoms with Crippen molar-refractivity contribution >= 4 is 17.9 Å². The fourth-order valence-electron chi connectivity index (χ4n) is 5.15. The van der Waals surface area contributed by atoms with E-state index in [1.807, 2.05) is 0 Å². The topological polar surface area (TPSA) is 89.9 Å². The average Bonchev–Trinajstić information content (AvgIpc) is 2.64. The van der Waals surface area contributed by atoms with Gasteiger partial charge in [-0.15, -0.1) is 0 Å². The first-order valence-electron chi connectivity index (χ1n) is 7.61. The summed E-state index contributed by atoms with van der Waals surface area (Å²) in [6, 6.07) is 0. The Kier molecular flexibility index (Phi) is 2.63. The summed E-state index contributed by atoms with van der Waals surface area (Å²) in [5, 5.41) is 8.61. The third-order valence-corrected chi connectivity index (χ3v) is 6.03. The van der Waals surface area contributed by atoms with Crippen molar-refractivity contribution in [3.63, 3.8) is 0 Å². The summed E-state index contributed by atoms with van der Waals surface area (Å²) in [5.41, 5.74) is 0.120. The largest absolute Gasteiger partial charge is 0.481 e. The molecule has 0 amide bonds. The van der Waals surface area contributed by atoms with E-state index in [0.29, 0.717) is 5.92 Å². The molecule has 3 aliphatic carbocycles. The predicted molar refractivity (Wildman–Crippen MR) is 68.0 cm³/mol. The zero-order valence-electron chi connectivity index (χ0n) is 11.6. The summed E-state index contributed by atoms with van der Waals surface area (Å²) in [6.45, 7) is 0. The molecule has 0 aromatic rings. The van der Waals surface area contributed by atoms with Gasteiger partial charge in [-0.05, 0) is 37.0 Å². The molecule has 21 heavy (non-hydrogen) atoms. The Morgan fingerprint density at radius 1 is 1.29 bits per heavy atom. The van der Waals surface area contributed by atoms with E-state index in [1.54, 1.807) is 0 Å².